The minimum atomic E-state index is 0.194. The summed E-state index contributed by atoms with van der Waals surface area (Å²) in [5.41, 5.74) is 12.2. The van der Waals surface area contributed by atoms with Gasteiger partial charge >= 0.3 is 33.3 Å². The van der Waals surface area contributed by atoms with Crippen molar-refractivity contribution < 1.29 is 17.9 Å². The van der Waals surface area contributed by atoms with E-state index >= 15 is 0 Å². The van der Waals surface area contributed by atoms with E-state index in [1.807, 2.05) is 0 Å². The average Bonchev–Trinajstić information content (AvgIpc) is 2.96. The van der Waals surface area contributed by atoms with Gasteiger partial charge in [-0.3, -0.25) is 0 Å². The van der Waals surface area contributed by atoms with Gasteiger partial charge in [0.2, 0.25) is 0 Å². The molecule has 1 aliphatic rings. The van der Waals surface area contributed by atoms with Crippen LogP contribution in [0.25, 0.3) is 0 Å². The molecule has 1 heterocycles. The van der Waals surface area contributed by atoms with Crippen LogP contribution in [-0.4, -0.2) is 16.2 Å². The molecule has 3 rings (SSSR count). The summed E-state index contributed by atoms with van der Waals surface area (Å²) in [6.07, 6.45) is 5.21. The molecule has 1 aliphatic heterocycles. The second-order valence-corrected chi connectivity index (χ2v) is 15.8. The van der Waals surface area contributed by atoms with Crippen molar-refractivity contribution >= 4 is 43.0 Å². The Hall–Kier alpha value is -1.84. The number of allylic oxidation sites excluding steroid dienone is 4. The van der Waals surface area contributed by atoms with Gasteiger partial charge < -0.3 is 4.74 Å². The monoisotopic (exact) mass is 695 g/mol. The van der Waals surface area contributed by atoms with E-state index in [4.69, 9.17) is 34.9 Å². The number of nitrogens with zero attached hydrogens (tertiary/aromatic N) is 2. The van der Waals surface area contributed by atoms with E-state index in [2.05, 4.69) is 133 Å². The van der Waals surface area contributed by atoms with Crippen molar-refractivity contribution in [3.63, 3.8) is 0 Å². The number of rotatable bonds is 10. The van der Waals surface area contributed by atoms with E-state index in [9.17, 15) is 0 Å². The van der Waals surface area contributed by atoms with Gasteiger partial charge in [0, 0.05) is 18.6 Å². The molecule has 250 valence electrons. The molecular weight excluding hydrogens is 639 g/mol. The number of benzene rings is 2. The third-order valence-corrected chi connectivity index (χ3v) is 8.37. The molecule has 0 fully saturated rings. The van der Waals surface area contributed by atoms with Gasteiger partial charge in [-0.1, -0.05) is 107 Å². The molecule has 2 aromatic carbocycles. The molecule has 0 spiro atoms. The van der Waals surface area contributed by atoms with Crippen LogP contribution in [0.5, 0.6) is 0 Å². The van der Waals surface area contributed by atoms with Crippen LogP contribution in [0, 0.1) is 0 Å². The Morgan fingerprint density at radius 1 is 0.556 bits per heavy atom. The molecule has 0 atom stereocenters. The number of aliphatic imine (C=N–C) groups is 2. The molecule has 45 heavy (non-hydrogen) atoms. The topological polar surface area (TPSA) is 37.5 Å². The number of ether oxygens (including phenoxy) is 1. The van der Waals surface area contributed by atoms with Gasteiger partial charge in [0.1, 0.15) is 11.4 Å². The van der Waals surface area contributed by atoms with Gasteiger partial charge in [-0.2, -0.15) is 0 Å². The average molecular weight is 697 g/mol. The van der Waals surface area contributed by atoms with E-state index in [-0.39, 0.29) is 13.1 Å². The summed E-state index contributed by atoms with van der Waals surface area (Å²) in [4.78, 5) is 10.6. The van der Waals surface area contributed by atoms with Gasteiger partial charge in [0.15, 0.2) is 0 Å². The fraction of sp³-hybridized carbons (Fsp3) is 0.538. The van der Waals surface area contributed by atoms with Crippen molar-refractivity contribution in [3.05, 3.63) is 81.3 Å². The van der Waals surface area contributed by atoms with Gasteiger partial charge in [0.05, 0.1) is 11.4 Å². The van der Waals surface area contributed by atoms with E-state index < -0.39 is 0 Å². The second kappa shape index (κ2) is 17.9. The van der Waals surface area contributed by atoms with Crippen LogP contribution >= 0.6 is 20.2 Å². The van der Waals surface area contributed by atoms with Gasteiger partial charge in [-0.25, -0.2) is 9.98 Å². The van der Waals surface area contributed by atoms with Gasteiger partial charge in [0.25, 0.3) is 11.5 Å². The van der Waals surface area contributed by atoms with Gasteiger partial charge in [-0.05, 0) is 82.7 Å². The van der Waals surface area contributed by atoms with Crippen LogP contribution in [-0.2, 0) is 13.1 Å². The molecule has 0 saturated carbocycles. The molecule has 1 N–H and O–H groups in total. The second-order valence-electron chi connectivity index (χ2n) is 14.0. The fourth-order valence-corrected chi connectivity index (χ4v) is 5.50. The van der Waals surface area contributed by atoms with Crippen LogP contribution in [0.15, 0.2) is 57.9 Å². The predicted octanol–water partition coefficient (Wildman–Crippen LogP) is 14.0. The number of hydrogen-bond donors (Lipinski definition) is 0. The standard InChI is InChI=1S/C39H56N2O.2ClH.Fe/c1-22(2)30-18-32(24(5)6)38(33(19-30)25(7)8)40-28(13)36-16-15-17-37(42-36)29(14)41-39-34(26(9)10)20-31(23(3)4)21-35(39)27(11)12;;;/h16-27H,15H2,1-14H3;2*1H;/q;;;+2/p-1. The molecular formula is C39H57Cl2FeN2O+. The Labute approximate surface area is 289 Å². The Balaban J connectivity index is 0.00000226. The van der Waals surface area contributed by atoms with Crippen molar-refractivity contribution in [1.29, 1.82) is 0 Å². The van der Waals surface area contributed by atoms with Crippen molar-refractivity contribution in [2.75, 3.05) is 0 Å². The summed E-state index contributed by atoms with van der Waals surface area (Å²) in [5, 5.41) is 0. The van der Waals surface area contributed by atoms with Crippen LogP contribution in [0.4, 0.5) is 11.4 Å². The number of aliphatic hydroxyl groups is 2. The molecule has 0 aliphatic carbocycles. The molecule has 0 bridgehead atoms. The summed E-state index contributed by atoms with van der Waals surface area (Å²) in [7, 11) is 9.53. The summed E-state index contributed by atoms with van der Waals surface area (Å²) >= 11 is 0.194. The Bertz CT molecular complexity index is 1260. The fourth-order valence-electron chi connectivity index (χ4n) is 5.50. The normalized spacial score (nSPS) is 14.4. The molecule has 0 radical (unpaired) electrons. The number of hydrogen-bond acceptors (Lipinski definition) is 2. The summed E-state index contributed by atoms with van der Waals surface area (Å²) in [6, 6.07) is 9.46. The number of halogens is 2. The van der Waals surface area contributed by atoms with E-state index in [0.717, 1.165) is 40.7 Å². The van der Waals surface area contributed by atoms with E-state index in [0.29, 0.717) is 35.5 Å². The van der Waals surface area contributed by atoms with Crippen molar-refractivity contribution in [3.8, 4) is 0 Å². The molecule has 6 heteroatoms. The zero-order valence-electron chi connectivity index (χ0n) is 30.1. The SMILES string of the molecule is CC(=Nc1c(C(C)C)cc(C(C)C)cc1C(C)C)C1=CCC=C(C(C)=Nc2c(C(C)C)cc(C(C)C)cc2C(C)C)[OH+]1.[Cl][Fe][Cl]. The molecule has 3 nitrogen and oxygen atoms in total. The Kier molecular flexibility index (Phi) is 15.7. The third-order valence-electron chi connectivity index (χ3n) is 8.37. The van der Waals surface area contributed by atoms with Crippen LogP contribution in [0.1, 0.15) is 172 Å². The first-order chi connectivity index (χ1) is 21.0. The van der Waals surface area contributed by atoms with E-state index in [1.165, 1.54) is 33.4 Å². The molecule has 0 aromatic heterocycles. The molecule has 2 aromatic rings. The van der Waals surface area contributed by atoms with E-state index in [1.54, 1.807) is 0 Å². The summed E-state index contributed by atoms with van der Waals surface area (Å²) in [6.45, 7) is 31.5. The molecule has 0 unspecified atom stereocenters. The minimum absolute atomic E-state index is 0.194. The van der Waals surface area contributed by atoms with Crippen molar-refractivity contribution in [2.45, 2.75) is 139 Å². The first-order valence-electron chi connectivity index (χ1n) is 16.5. The zero-order chi connectivity index (χ0) is 34.2. The maximum atomic E-state index is 5.29. The quantitative estimate of drug-likeness (QED) is 0.135. The molecule has 0 amide bonds. The van der Waals surface area contributed by atoms with Crippen LogP contribution < -0.4 is 0 Å². The zero-order valence-corrected chi connectivity index (χ0v) is 32.7. The van der Waals surface area contributed by atoms with Crippen LogP contribution in [0.2, 0.25) is 0 Å². The van der Waals surface area contributed by atoms with Crippen LogP contribution in [0.3, 0.4) is 0 Å². The maximum absolute atomic E-state index is 5.29. The summed E-state index contributed by atoms with van der Waals surface area (Å²) in [5.74, 6) is 4.43. The Morgan fingerprint density at radius 3 is 1.04 bits per heavy atom. The third kappa shape index (κ3) is 10.6. The van der Waals surface area contributed by atoms with Gasteiger partial charge in [-0.15, -0.1) is 0 Å². The Morgan fingerprint density at radius 2 is 0.822 bits per heavy atom. The molecule has 0 saturated heterocycles. The summed E-state index contributed by atoms with van der Waals surface area (Å²) < 4.78 is 5.12. The first-order valence-corrected chi connectivity index (χ1v) is 19.5. The predicted molar refractivity (Wildman–Crippen MR) is 198 cm³/mol. The van der Waals surface area contributed by atoms with Crippen molar-refractivity contribution in [2.24, 2.45) is 9.98 Å². The van der Waals surface area contributed by atoms with Crippen molar-refractivity contribution in [1.82, 2.24) is 0 Å². The first kappa shape index (κ1) is 39.3.